The standard InChI is InChI=1S/C8H11ClN2O2/c1-10-3-4-11-8(12)6-2-5-13-7(6)9/h2,5,10H,3-4H2,1H3,(H,11,12). The van der Waals surface area contributed by atoms with E-state index in [-0.39, 0.29) is 11.1 Å². The fourth-order valence-corrected chi connectivity index (χ4v) is 1.05. The van der Waals surface area contributed by atoms with Crippen LogP contribution in [-0.2, 0) is 0 Å². The van der Waals surface area contributed by atoms with Crippen LogP contribution in [0.1, 0.15) is 10.4 Å². The van der Waals surface area contributed by atoms with Crippen molar-refractivity contribution in [2.24, 2.45) is 0 Å². The minimum absolute atomic E-state index is 0.127. The monoisotopic (exact) mass is 202 g/mol. The minimum Gasteiger partial charge on any atom is -0.452 e. The highest BCUT2D eigenvalue weighted by Gasteiger charge is 2.11. The first-order valence-electron chi connectivity index (χ1n) is 3.91. The molecule has 0 saturated carbocycles. The second-order valence-electron chi connectivity index (χ2n) is 2.47. The maximum Gasteiger partial charge on any atom is 0.256 e. The van der Waals surface area contributed by atoms with Crippen molar-refractivity contribution >= 4 is 17.5 Å². The lowest BCUT2D eigenvalue weighted by Gasteiger charge is -2.02. The molecule has 1 heterocycles. The van der Waals surface area contributed by atoms with Gasteiger partial charge in [-0.1, -0.05) is 0 Å². The number of likely N-dealkylation sites (N-methyl/N-ethyl adjacent to an activating group) is 1. The number of furan rings is 1. The zero-order valence-electron chi connectivity index (χ0n) is 7.26. The maximum atomic E-state index is 11.3. The van der Waals surface area contributed by atoms with Crippen molar-refractivity contribution in [3.8, 4) is 0 Å². The molecule has 0 aliphatic carbocycles. The number of carbonyl (C=O) groups excluding carboxylic acids is 1. The largest absolute Gasteiger partial charge is 0.452 e. The second-order valence-corrected chi connectivity index (χ2v) is 2.81. The summed E-state index contributed by atoms with van der Waals surface area (Å²) >= 11 is 5.60. The number of hydrogen-bond acceptors (Lipinski definition) is 3. The van der Waals surface area contributed by atoms with Gasteiger partial charge in [-0.05, 0) is 24.7 Å². The first-order chi connectivity index (χ1) is 6.25. The van der Waals surface area contributed by atoms with Gasteiger partial charge in [0.15, 0.2) is 0 Å². The van der Waals surface area contributed by atoms with Crippen LogP contribution < -0.4 is 10.6 Å². The van der Waals surface area contributed by atoms with Crippen LogP contribution in [0.5, 0.6) is 0 Å². The normalized spacial score (nSPS) is 10.0. The molecular formula is C8H11ClN2O2. The summed E-state index contributed by atoms with van der Waals surface area (Å²) in [6.45, 7) is 1.29. The van der Waals surface area contributed by atoms with E-state index < -0.39 is 0 Å². The average molecular weight is 203 g/mol. The molecule has 0 bridgehead atoms. The van der Waals surface area contributed by atoms with Crippen molar-refractivity contribution in [3.63, 3.8) is 0 Å². The molecule has 1 aromatic heterocycles. The molecule has 0 atom stereocenters. The van der Waals surface area contributed by atoms with Crippen LogP contribution in [0.15, 0.2) is 16.7 Å². The molecule has 1 rings (SSSR count). The van der Waals surface area contributed by atoms with Gasteiger partial charge < -0.3 is 15.1 Å². The third-order valence-corrected chi connectivity index (χ3v) is 1.82. The van der Waals surface area contributed by atoms with Crippen molar-refractivity contribution in [2.45, 2.75) is 0 Å². The Kier molecular flexibility index (Phi) is 3.79. The van der Waals surface area contributed by atoms with Crippen LogP contribution in [0.3, 0.4) is 0 Å². The highest BCUT2D eigenvalue weighted by atomic mass is 35.5. The Hall–Kier alpha value is -1.00. The van der Waals surface area contributed by atoms with E-state index in [1.807, 2.05) is 7.05 Å². The number of rotatable bonds is 4. The lowest BCUT2D eigenvalue weighted by Crippen LogP contribution is -2.30. The highest BCUT2D eigenvalue weighted by Crippen LogP contribution is 2.15. The second kappa shape index (κ2) is 4.89. The van der Waals surface area contributed by atoms with Crippen LogP contribution in [-0.4, -0.2) is 26.0 Å². The molecule has 0 aliphatic rings. The van der Waals surface area contributed by atoms with Crippen molar-refractivity contribution in [2.75, 3.05) is 20.1 Å². The van der Waals surface area contributed by atoms with Gasteiger partial charge in [-0.15, -0.1) is 0 Å². The number of amides is 1. The predicted molar refractivity (Wildman–Crippen MR) is 50.0 cm³/mol. The molecule has 2 N–H and O–H groups in total. The molecule has 1 aromatic rings. The van der Waals surface area contributed by atoms with Gasteiger partial charge in [-0.25, -0.2) is 0 Å². The van der Waals surface area contributed by atoms with E-state index in [2.05, 4.69) is 10.6 Å². The molecule has 0 spiro atoms. The molecule has 0 unspecified atom stereocenters. The van der Waals surface area contributed by atoms with Crippen LogP contribution in [0.25, 0.3) is 0 Å². The molecule has 0 fully saturated rings. The van der Waals surface area contributed by atoms with Gasteiger partial charge in [0.05, 0.1) is 11.8 Å². The smallest absolute Gasteiger partial charge is 0.256 e. The van der Waals surface area contributed by atoms with E-state index in [0.717, 1.165) is 6.54 Å². The Labute approximate surface area is 81.3 Å². The zero-order chi connectivity index (χ0) is 9.68. The fraction of sp³-hybridized carbons (Fsp3) is 0.375. The van der Waals surface area contributed by atoms with Gasteiger partial charge in [0.25, 0.3) is 5.91 Å². The topological polar surface area (TPSA) is 54.3 Å². The number of halogens is 1. The maximum absolute atomic E-state index is 11.3. The molecule has 4 nitrogen and oxygen atoms in total. The molecule has 0 aromatic carbocycles. The highest BCUT2D eigenvalue weighted by molar-refractivity contribution is 6.32. The van der Waals surface area contributed by atoms with Gasteiger partial charge in [0.1, 0.15) is 0 Å². The molecule has 72 valence electrons. The number of nitrogens with one attached hydrogen (secondary N) is 2. The summed E-state index contributed by atoms with van der Waals surface area (Å²) in [5.74, 6) is -0.214. The molecular weight excluding hydrogens is 192 g/mol. The molecule has 0 aliphatic heterocycles. The van der Waals surface area contributed by atoms with E-state index in [1.165, 1.54) is 12.3 Å². The van der Waals surface area contributed by atoms with E-state index in [9.17, 15) is 4.79 Å². The summed E-state index contributed by atoms with van der Waals surface area (Å²) in [5, 5.41) is 5.72. The van der Waals surface area contributed by atoms with Crippen molar-refractivity contribution in [3.05, 3.63) is 23.1 Å². The summed E-state index contributed by atoms with van der Waals surface area (Å²) in [7, 11) is 1.82. The van der Waals surface area contributed by atoms with E-state index >= 15 is 0 Å². The summed E-state index contributed by atoms with van der Waals surface area (Å²) in [4.78, 5) is 11.3. The first-order valence-corrected chi connectivity index (χ1v) is 4.29. The van der Waals surface area contributed by atoms with Gasteiger partial charge in [0.2, 0.25) is 5.22 Å². The van der Waals surface area contributed by atoms with Crippen LogP contribution in [0, 0.1) is 0 Å². The minimum atomic E-state index is -0.214. The van der Waals surface area contributed by atoms with Crippen LogP contribution in [0.2, 0.25) is 5.22 Å². The van der Waals surface area contributed by atoms with Crippen LogP contribution >= 0.6 is 11.6 Å². The Balaban J connectivity index is 2.45. The Morgan fingerprint density at radius 3 is 2.92 bits per heavy atom. The Bertz CT molecular complexity index is 285. The van der Waals surface area contributed by atoms with Gasteiger partial charge >= 0.3 is 0 Å². The van der Waals surface area contributed by atoms with Gasteiger partial charge in [-0.2, -0.15) is 0 Å². The Morgan fingerprint density at radius 2 is 2.38 bits per heavy atom. The van der Waals surface area contributed by atoms with E-state index in [1.54, 1.807) is 0 Å². The summed E-state index contributed by atoms with van der Waals surface area (Å²) in [5.41, 5.74) is 0.373. The fourth-order valence-electron chi connectivity index (χ4n) is 0.852. The summed E-state index contributed by atoms with van der Waals surface area (Å²) in [6.07, 6.45) is 1.38. The van der Waals surface area contributed by atoms with Crippen LogP contribution in [0.4, 0.5) is 0 Å². The average Bonchev–Trinajstić information content (AvgIpc) is 2.52. The first kappa shape index (κ1) is 10.1. The van der Waals surface area contributed by atoms with Gasteiger partial charge in [0, 0.05) is 13.1 Å². The zero-order valence-corrected chi connectivity index (χ0v) is 8.02. The third-order valence-electron chi connectivity index (χ3n) is 1.52. The Morgan fingerprint density at radius 1 is 1.62 bits per heavy atom. The number of hydrogen-bond donors (Lipinski definition) is 2. The molecule has 5 heteroatoms. The van der Waals surface area contributed by atoms with E-state index in [4.69, 9.17) is 16.0 Å². The van der Waals surface area contributed by atoms with Crippen molar-refractivity contribution < 1.29 is 9.21 Å². The molecule has 1 amide bonds. The molecule has 0 radical (unpaired) electrons. The summed E-state index contributed by atoms with van der Waals surface area (Å²) < 4.78 is 4.78. The lowest BCUT2D eigenvalue weighted by molar-refractivity contribution is 0.0953. The summed E-state index contributed by atoms with van der Waals surface area (Å²) in [6, 6.07) is 1.54. The quantitative estimate of drug-likeness (QED) is 0.713. The SMILES string of the molecule is CNCCNC(=O)c1ccoc1Cl. The lowest BCUT2D eigenvalue weighted by atomic mass is 10.3. The van der Waals surface area contributed by atoms with Gasteiger partial charge in [-0.3, -0.25) is 4.79 Å². The van der Waals surface area contributed by atoms with Crippen molar-refractivity contribution in [1.29, 1.82) is 0 Å². The van der Waals surface area contributed by atoms with Crippen molar-refractivity contribution in [1.82, 2.24) is 10.6 Å². The van der Waals surface area contributed by atoms with E-state index in [0.29, 0.717) is 12.1 Å². The predicted octanol–water partition coefficient (Wildman–Crippen LogP) is 0.882. The molecule has 13 heavy (non-hydrogen) atoms. The number of carbonyl (C=O) groups is 1. The molecule has 0 saturated heterocycles. The third kappa shape index (κ3) is 2.75.